The van der Waals surface area contributed by atoms with E-state index >= 15 is 0 Å². The van der Waals surface area contributed by atoms with Gasteiger partial charge in [-0.3, -0.25) is 0 Å². The smallest absolute Gasteiger partial charge is 0.123 e. The van der Waals surface area contributed by atoms with E-state index in [1.54, 1.807) is 18.3 Å². The zero-order valence-electron chi connectivity index (χ0n) is 7.98. The Morgan fingerprint density at radius 2 is 2.13 bits per heavy atom. The van der Waals surface area contributed by atoms with Gasteiger partial charge in [0.2, 0.25) is 0 Å². The van der Waals surface area contributed by atoms with Crippen molar-refractivity contribution in [2.75, 3.05) is 13.2 Å². The summed E-state index contributed by atoms with van der Waals surface area (Å²) in [6.45, 7) is -0.554. The van der Waals surface area contributed by atoms with Gasteiger partial charge in [0, 0.05) is 18.2 Å². The highest BCUT2D eigenvalue weighted by Crippen LogP contribution is 2.15. The summed E-state index contributed by atoms with van der Waals surface area (Å²) in [5.41, 5.74) is 0. The van der Waals surface area contributed by atoms with Crippen LogP contribution >= 0.6 is 12.0 Å². The van der Waals surface area contributed by atoms with Gasteiger partial charge in [0.05, 0.1) is 13.2 Å². The quantitative estimate of drug-likeness (QED) is 0.589. The first-order valence-corrected chi connectivity index (χ1v) is 5.15. The maximum absolute atomic E-state index is 9.23. The highest BCUT2D eigenvalue weighted by molar-refractivity contribution is 7.94. The Labute approximate surface area is 91.9 Å². The van der Waals surface area contributed by atoms with Crippen LogP contribution in [0.1, 0.15) is 0 Å². The summed E-state index contributed by atoms with van der Waals surface area (Å²) in [4.78, 5) is 3.99. The van der Waals surface area contributed by atoms with E-state index in [4.69, 9.17) is 14.4 Å². The van der Waals surface area contributed by atoms with Gasteiger partial charge in [0.1, 0.15) is 17.2 Å². The lowest BCUT2D eigenvalue weighted by Gasteiger charge is -2.14. The fourth-order valence-electron chi connectivity index (χ4n) is 0.793. The molecule has 3 N–H and O–H groups in total. The Bertz CT molecular complexity index is 272. The van der Waals surface area contributed by atoms with Gasteiger partial charge in [-0.1, -0.05) is 6.07 Å². The van der Waals surface area contributed by atoms with E-state index in [-0.39, 0.29) is 6.61 Å². The van der Waals surface area contributed by atoms with Crippen LogP contribution in [0.3, 0.4) is 0 Å². The first-order valence-electron chi connectivity index (χ1n) is 4.41. The van der Waals surface area contributed by atoms with Crippen molar-refractivity contribution in [1.29, 1.82) is 0 Å². The van der Waals surface area contributed by atoms with E-state index in [2.05, 4.69) is 4.98 Å². The second kappa shape index (κ2) is 6.76. The van der Waals surface area contributed by atoms with Crippen molar-refractivity contribution in [3.8, 4) is 0 Å². The lowest BCUT2D eigenvalue weighted by Crippen LogP contribution is -2.32. The number of aliphatic hydroxyl groups is 3. The van der Waals surface area contributed by atoms with Crippen LogP contribution in [0.5, 0.6) is 0 Å². The average Bonchev–Trinajstić information content (AvgIpc) is 2.29. The van der Waals surface area contributed by atoms with Crippen molar-refractivity contribution < 1.29 is 19.5 Å². The number of aromatic nitrogens is 1. The van der Waals surface area contributed by atoms with Crippen molar-refractivity contribution in [2.24, 2.45) is 0 Å². The zero-order chi connectivity index (χ0) is 11.1. The van der Waals surface area contributed by atoms with Gasteiger partial charge in [0.15, 0.2) is 0 Å². The standard InChI is InChI=1S/C9H13NO4S/c11-5-7(12)8(13)6-14-15-9-3-1-2-4-10-9/h1-4,7-8,11-13H,5-6H2/t7-,8+/m1/s1. The van der Waals surface area contributed by atoms with Crippen molar-refractivity contribution >= 4 is 12.0 Å². The van der Waals surface area contributed by atoms with Gasteiger partial charge in [-0.2, -0.15) is 0 Å². The van der Waals surface area contributed by atoms with Gasteiger partial charge in [-0.05, 0) is 12.1 Å². The van der Waals surface area contributed by atoms with Crippen LogP contribution in [0.25, 0.3) is 0 Å². The maximum atomic E-state index is 9.23. The maximum Gasteiger partial charge on any atom is 0.123 e. The van der Waals surface area contributed by atoms with Crippen LogP contribution in [0, 0.1) is 0 Å². The van der Waals surface area contributed by atoms with Crippen molar-refractivity contribution in [3.05, 3.63) is 24.4 Å². The second-order valence-electron chi connectivity index (χ2n) is 2.85. The molecule has 0 aliphatic rings. The van der Waals surface area contributed by atoms with Gasteiger partial charge in [0.25, 0.3) is 0 Å². The molecular weight excluding hydrogens is 218 g/mol. The lowest BCUT2D eigenvalue weighted by molar-refractivity contribution is -0.0310. The van der Waals surface area contributed by atoms with Gasteiger partial charge >= 0.3 is 0 Å². The molecule has 5 nitrogen and oxygen atoms in total. The number of nitrogens with zero attached hydrogens (tertiary/aromatic N) is 1. The Balaban J connectivity index is 2.22. The first-order chi connectivity index (χ1) is 7.24. The molecule has 0 aliphatic carbocycles. The zero-order valence-corrected chi connectivity index (χ0v) is 8.80. The Morgan fingerprint density at radius 3 is 2.73 bits per heavy atom. The van der Waals surface area contributed by atoms with Crippen molar-refractivity contribution in [3.63, 3.8) is 0 Å². The highest BCUT2D eigenvalue weighted by Gasteiger charge is 2.15. The number of aliphatic hydroxyl groups excluding tert-OH is 3. The molecule has 0 aromatic carbocycles. The molecule has 0 saturated heterocycles. The van der Waals surface area contributed by atoms with Crippen LogP contribution in [0.2, 0.25) is 0 Å². The lowest BCUT2D eigenvalue weighted by atomic mass is 10.2. The van der Waals surface area contributed by atoms with Crippen molar-refractivity contribution in [1.82, 2.24) is 4.98 Å². The minimum atomic E-state index is -1.17. The molecule has 0 bridgehead atoms. The van der Waals surface area contributed by atoms with Crippen LogP contribution in [0.4, 0.5) is 0 Å². The van der Waals surface area contributed by atoms with Crippen LogP contribution < -0.4 is 0 Å². The Kier molecular flexibility index (Phi) is 5.59. The summed E-state index contributed by atoms with van der Waals surface area (Å²) < 4.78 is 5.04. The molecule has 2 atom stereocenters. The molecule has 6 heteroatoms. The first kappa shape index (κ1) is 12.4. The number of pyridine rings is 1. The highest BCUT2D eigenvalue weighted by atomic mass is 32.2. The fourth-order valence-corrected chi connectivity index (χ4v) is 1.36. The summed E-state index contributed by atoms with van der Waals surface area (Å²) in [7, 11) is 0. The third-order valence-corrected chi connectivity index (χ3v) is 2.32. The van der Waals surface area contributed by atoms with Crippen LogP contribution in [-0.2, 0) is 4.18 Å². The van der Waals surface area contributed by atoms with Crippen LogP contribution in [-0.4, -0.2) is 45.7 Å². The third kappa shape index (κ3) is 4.59. The largest absolute Gasteiger partial charge is 0.394 e. The molecule has 0 aliphatic heterocycles. The molecule has 1 heterocycles. The van der Waals surface area contributed by atoms with Gasteiger partial charge in [-0.15, -0.1) is 0 Å². The van der Waals surface area contributed by atoms with E-state index in [9.17, 15) is 5.11 Å². The molecule has 0 fully saturated rings. The molecule has 0 radical (unpaired) electrons. The summed E-state index contributed by atoms with van der Waals surface area (Å²) >= 11 is 1.01. The third-order valence-electron chi connectivity index (χ3n) is 1.65. The summed E-state index contributed by atoms with van der Waals surface area (Å²) in [5, 5.41) is 27.5. The number of rotatable bonds is 6. The van der Waals surface area contributed by atoms with E-state index in [1.807, 2.05) is 6.07 Å². The molecule has 15 heavy (non-hydrogen) atoms. The summed E-state index contributed by atoms with van der Waals surface area (Å²) in [5.74, 6) is 0. The van der Waals surface area contributed by atoms with E-state index in [1.165, 1.54) is 0 Å². The second-order valence-corrected chi connectivity index (χ2v) is 3.67. The van der Waals surface area contributed by atoms with Gasteiger partial charge in [-0.25, -0.2) is 4.98 Å². The number of hydrogen-bond donors (Lipinski definition) is 3. The summed E-state index contributed by atoms with van der Waals surface area (Å²) in [6.07, 6.45) is -0.634. The van der Waals surface area contributed by atoms with E-state index < -0.39 is 18.8 Å². The predicted molar refractivity (Wildman–Crippen MR) is 55.1 cm³/mol. The topological polar surface area (TPSA) is 82.8 Å². The van der Waals surface area contributed by atoms with E-state index in [0.717, 1.165) is 12.0 Å². The molecular formula is C9H13NO4S. The predicted octanol–water partition coefficient (Wildman–Crippen LogP) is -0.181. The Morgan fingerprint density at radius 1 is 1.33 bits per heavy atom. The fraction of sp³-hybridized carbons (Fsp3) is 0.444. The van der Waals surface area contributed by atoms with Gasteiger partial charge < -0.3 is 19.5 Å². The Hall–Kier alpha value is -0.660. The number of hydrogen-bond acceptors (Lipinski definition) is 6. The minimum absolute atomic E-state index is 0.0665. The molecule has 1 aromatic heterocycles. The minimum Gasteiger partial charge on any atom is -0.394 e. The summed E-state index contributed by atoms with van der Waals surface area (Å²) in [6, 6.07) is 5.37. The molecule has 84 valence electrons. The molecule has 0 saturated carbocycles. The van der Waals surface area contributed by atoms with E-state index in [0.29, 0.717) is 5.03 Å². The normalized spacial score (nSPS) is 14.9. The molecule has 1 aromatic rings. The van der Waals surface area contributed by atoms with Crippen molar-refractivity contribution in [2.45, 2.75) is 17.2 Å². The molecule has 0 spiro atoms. The molecule has 1 rings (SSSR count). The SMILES string of the molecule is OC[C@@H](O)[C@@H](O)COSc1ccccn1. The van der Waals surface area contributed by atoms with Crippen LogP contribution in [0.15, 0.2) is 29.4 Å². The molecule has 0 unspecified atom stereocenters. The average molecular weight is 231 g/mol. The monoisotopic (exact) mass is 231 g/mol. The molecule has 0 amide bonds.